The Morgan fingerprint density at radius 1 is 1.23 bits per heavy atom. The van der Waals surface area contributed by atoms with Crippen LogP contribution in [0.5, 0.6) is 5.75 Å². The van der Waals surface area contributed by atoms with Crippen LogP contribution in [0.4, 0.5) is 8.78 Å². The monoisotopic (exact) mass is 418 g/mol. The summed E-state index contributed by atoms with van der Waals surface area (Å²) in [5.41, 5.74) is 2.87. The van der Waals surface area contributed by atoms with Gasteiger partial charge >= 0.3 is 6.11 Å². The first-order valence-electron chi connectivity index (χ1n) is 9.56. The molecule has 0 saturated carbocycles. The molecular formula is C22H24F2N2O4. The first-order valence-corrected chi connectivity index (χ1v) is 9.56. The molecule has 1 aliphatic rings. The van der Waals surface area contributed by atoms with E-state index in [4.69, 9.17) is 5.11 Å². The summed E-state index contributed by atoms with van der Waals surface area (Å²) in [6.45, 7) is 4.86. The second kappa shape index (κ2) is 8.39. The molecule has 1 saturated heterocycles. The molecule has 1 aromatic carbocycles. The number of hydrogen-bond donors (Lipinski definition) is 1. The molecule has 6 nitrogen and oxygen atoms in total. The highest BCUT2D eigenvalue weighted by atomic mass is 19.3. The first-order chi connectivity index (χ1) is 14.1. The van der Waals surface area contributed by atoms with Crippen molar-refractivity contribution in [2.24, 2.45) is 0 Å². The number of ether oxygens (including phenoxy) is 1. The molecule has 0 radical (unpaired) electrons. The summed E-state index contributed by atoms with van der Waals surface area (Å²) in [6, 6.07) is 6.13. The van der Waals surface area contributed by atoms with Gasteiger partial charge in [0.25, 0.3) is 5.56 Å². The molecule has 0 atom stereocenters. The number of amides is 1. The van der Waals surface area contributed by atoms with Gasteiger partial charge in [0.1, 0.15) is 5.75 Å². The van der Waals surface area contributed by atoms with Crippen molar-refractivity contribution in [3.8, 4) is 16.9 Å². The highest BCUT2D eigenvalue weighted by Crippen LogP contribution is 2.30. The van der Waals surface area contributed by atoms with Crippen molar-refractivity contribution < 1.29 is 23.4 Å². The number of aliphatic hydroxyl groups excluding tert-OH is 1. The van der Waals surface area contributed by atoms with E-state index in [1.54, 1.807) is 34.7 Å². The third kappa shape index (κ3) is 4.59. The van der Waals surface area contributed by atoms with Crippen molar-refractivity contribution in [3.05, 3.63) is 64.1 Å². The minimum Gasteiger partial charge on any atom is -0.433 e. The van der Waals surface area contributed by atoms with Gasteiger partial charge in [-0.25, -0.2) is 0 Å². The summed E-state index contributed by atoms with van der Waals surface area (Å²) >= 11 is 0. The summed E-state index contributed by atoms with van der Waals surface area (Å²) in [5, 5.41) is 8.77. The third-order valence-electron chi connectivity index (χ3n) is 5.19. The molecule has 3 rings (SSSR count). The van der Waals surface area contributed by atoms with Crippen LogP contribution in [0.15, 0.2) is 47.4 Å². The molecule has 0 aliphatic carbocycles. The molecular weight excluding hydrogens is 394 g/mol. The topological polar surface area (TPSA) is 71.8 Å². The van der Waals surface area contributed by atoms with Crippen LogP contribution in [0.3, 0.4) is 0 Å². The van der Waals surface area contributed by atoms with Gasteiger partial charge in [0.05, 0.1) is 12.6 Å². The van der Waals surface area contributed by atoms with Gasteiger partial charge in [0.2, 0.25) is 5.91 Å². The van der Waals surface area contributed by atoms with Crippen LogP contribution in [-0.4, -0.2) is 46.3 Å². The molecule has 160 valence electrons. The fraction of sp³-hybridized carbons (Fsp3) is 0.364. The van der Waals surface area contributed by atoms with Gasteiger partial charge in [-0.1, -0.05) is 18.2 Å². The van der Waals surface area contributed by atoms with Crippen molar-refractivity contribution in [2.45, 2.75) is 32.9 Å². The number of carbonyl (C=O) groups excluding carboxylic acids is 1. The summed E-state index contributed by atoms with van der Waals surface area (Å²) < 4.78 is 32.3. The fourth-order valence-electron chi connectivity index (χ4n) is 3.39. The van der Waals surface area contributed by atoms with Crippen molar-refractivity contribution >= 4 is 5.91 Å². The standard InChI is InChI=1S/C22H24F2N2O4/c1-14-15(2)21(29)26(17-11-25(12-17)20(28)5-4-10-27)13-19(14)16-6-8-18(9-7-16)30-22(3,23)24/h4-9,13,17,27H,10-12H2,1-3H3/b5-4+. The lowest BCUT2D eigenvalue weighted by Gasteiger charge is -2.40. The Balaban J connectivity index is 1.86. The zero-order valence-corrected chi connectivity index (χ0v) is 17.1. The molecule has 2 heterocycles. The quantitative estimate of drug-likeness (QED) is 0.732. The lowest BCUT2D eigenvalue weighted by molar-refractivity contribution is -0.158. The van der Waals surface area contributed by atoms with E-state index in [2.05, 4.69) is 4.74 Å². The van der Waals surface area contributed by atoms with Crippen LogP contribution in [0, 0.1) is 13.8 Å². The molecule has 8 heteroatoms. The molecule has 2 aromatic rings. The minimum atomic E-state index is -3.26. The lowest BCUT2D eigenvalue weighted by Crippen LogP contribution is -2.52. The summed E-state index contributed by atoms with van der Waals surface area (Å²) in [4.78, 5) is 26.3. The molecule has 0 bridgehead atoms. The predicted molar refractivity (Wildman–Crippen MR) is 109 cm³/mol. The second-order valence-corrected chi connectivity index (χ2v) is 7.42. The van der Waals surface area contributed by atoms with Gasteiger partial charge in [-0.2, -0.15) is 8.78 Å². The lowest BCUT2D eigenvalue weighted by atomic mass is 9.98. The van der Waals surface area contributed by atoms with Gasteiger partial charge in [-0.15, -0.1) is 0 Å². The predicted octanol–water partition coefficient (Wildman–Crippen LogP) is 3.06. The van der Waals surface area contributed by atoms with Crippen LogP contribution in [0.2, 0.25) is 0 Å². The van der Waals surface area contributed by atoms with E-state index >= 15 is 0 Å². The number of likely N-dealkylation sites (tertiary alicyclic amines) is 1. The van der Waals surface area contributed by atoms with Crippen LogP contribution in [0.1, 0.15) is 24.1 Å². The van der Waals surface area contributed by atoms with Gasteiger partial charge < -0.3 is 19.3 Å². The molecule has 1 aromatic heterocycles. The van der Waals surface area contributed by atoms with E-state index in [9.17, 15) is 18.4 Å². The summed E-state index contributed by atoms with van der Waals surface area (Å²) in [7, 11) is 0. The second-order valence-electron chi connectivity index (χ2n) is 7.42. The molecule has 0 unspecified atom stereocenters. The highest BCUT2D eigenvalue weighted by molar-refractivity contribution is 5.88. The number of pyridine rings is 1. The van der Waals surface area contributed by atoms with Gasteiger partial charge in [0.15, 0.2) is 0 Å². The van der Waals surface area contributed by atoms with E-state index in [0.29, 0.717) is 25.6 Å². The Hall–Kier alpha value is -3.00. The number of alkyl halides is 2. The SMILES string of the molecule is Cc1c(-c2ccc(OC(C)(F)F)cc2)cn(C2CN(C(=O)/C=C/CO)C2)c(=O)c1C. The van der Waals surface area contributed by atoms with Crippen molar-refractivity contribution in [2.75, 3.05) is 19.7 Å². The molecule has 1 amide bonds. The van der Waals surface area contributed by atoms with Crippen LogP contribution in [-0.2, 0) is 4.79 Å². The maximum Gasteiger partial charge on any atom is 0.394 e. The zero-order chi connectivity index (χ0) is 22.1. The number of hydrogen-bond acceptors (Lipinski definition) is 4. The number of aromatic nitrogens is 1. The number of carbonyl (C=O) groups is 1. The van der Waals surface area contributed by atoms with Crippen molar-refractivity contribution in [1.82, 2.24) is 9.47 Å². The normalized spacial score (nSPS) is 14.8. The van der Waals surface area contributed by atoms with Gasteiger partial charge in [0, 0.05) is 43.4 Å². The molecule has 30 heavy (non-hydrogen) atoms. The van der Waals surface area contributed by atoms with E-state index in [1.165, 1.54) is 24.3 Å². The Morgan fingerprint density at radius 2 is 1.87 bits per heavy atom. The number of halogens is 2. The average Bonchev–Trinajstić information content (AvgIpc) is 2.64. The van der Waals surface area contributed by atoms with Gasteiger partial charge in [-0.05, 0) is 37.1 Å². The third-order valence-corrected chi connectivity index (χ3v) is 5.19. The van der Waals surface area contributed by atoms with E-state index in [1.807, 2.05) is 6.92 Å². The largest absolute Gasteiger partial charge is 0.433 e. The van der Waals surface area contributed by atoms with Crippen LogP contribution < -0.4 is 10.3 Å². The van der Waals surface area contributed by atoms with E-state index in [-0.39, 0.29) is 29.9 Å². The Bertz CT molecular complexity index is 1020. The van der Waals surface area contributed by atoms with E-state index in [0.717, 1.165) is 16.7 Å². The number of rotatable bonds is 6. The maximum atomic E-state index is 13.0. The summed E-state index contributed by atoms with van der Waals surface area (Å²) in [5.74, 6) is -0.154. The molecule has 1 N–H and O–H groups in total. The smallest absolute Gasteiger partial charge is 0.394 e. The number of nitrogens with zero attached hydrogens (tertiary/aromatic N) is 2. The fourth-order valence-corrected chi connectivity index (χ4v) is 3.39. The molecule has 1 aliphatic heterocycles. The molecule has 0 spiro atoms. The van der Waals surface area contributed by atoms with Gasteiger partial charge in [-0.3, -0.25) is 9.59 Å². The van der Waals surface area contributed by atoms with Crippen LogP contribution in [0.25, 0.3) is 11.1 Å². The maximum absolute atomic E-state index is 13.0. The Morgan fingerprint density at radius 3 is 2.43 bits per heavy atom. The zero-order valence-electron chi connectivity index (χ0n) is 17.1. The Kier molecular flexibility index (Phi) is 6.07. The number of aliphatic hydroxyl groups is 1. The van der Waals surface area contributed by atoms with Crippen molar-refractivity contribution in [1.29, 1.82) is 0 Å². The Labute approximate surface area is 173 Å². The minimum absolute atomic E-state index is 0.0537. The van der Waals surface area contributed by atoms with Crippen molar-refractivity contribution in [3.63, 3.8) is 0 Å². The molecule has 1 fully saturated rings. The summed E-state index contributed by atoms with van der Waals surface area (Å²) in [6.07, 6.45) is 1.18. The van der Waals surface area contributed by atoms with E-state index < -0.39 is 6.11 Å². The van der Waals surface area contributed by atoms with Crippen LogP contribution >= 0.6 is 0 Å². The first kappa shape index (κ1) is 21.7. The average molecular weight is 418 g/mol. The number of benzene rings is 1. The highest BCUT2D eigenvalue weighted by Gasteiger charge is 2.32.